The Hall–Kier alpha value is -2.44. The lowest BCUT2D eigenvalue weighted by Crippen LogP contribution is -2.45. The number of piperidine rings is 1. The average molecular weight is 458 g/mol. The molecule has 1 atom stereocenters. The fourth-order valence-electron chi connectivity index (χ4n) is 4.11. The van der Waals surface area contributed by atoms with Crippen LogP contribution in [0.1, 0.15) is 49.2 Å². The van der Waals surface area contributed by atoms with E-state index in [4.69, 9.17) is 16.3 Å². The van der Waals surface area contributed by atoms with Crippen LogP contribution < -0.4 is 10.1 Å². The maximum absolute atomic E-state index is 12.2. The Morgan fingerprint density at radius 3 is 2.66 bits per heavy atom. The van der Waals surface area contributed by atoms with E-state index in [1.165, 1.54) is 0 Å². The molecule has 1 saturated heterocycles. The molecule has 172 valence electrons. The highest BCUT2D eigenvalue weighted by molar-refractivity contribution is 6.30. The van der Waals surface area contributed by atoms with Gasteiger partial charge in [0.05, 0.1) is 11.6 Å². The summed E-state index contributed by atoms with van der Waals surface area (Å²) in [5.41, 5.74) is 1.87. The van der Waals surface area contributed by atoms with E-state index in [0.29, 0.717) is 23.1 Å². The van der Waals surface area contributed by atoms with Crippen molar-refractivity contribution in [3.05, 3.63) is 52.8 Å². The lowest BCUT2D eigenvalue weighted by atomic mass is 9.73. The van der Waals surface area contributed by atoms with Crippen LogP contribution in [0.5, 0.6) is 5.75 Å². The van der Waals surface area contributed by atoms with Crippen molar-refractivity contribution in [1.29, 1.82) is 0 Å². The van der Waals surface area contributed by atoms with Gasteiger partial charge in [-0.3, -0.25) is 9.69 Å². The number of benzene rings is 1. The Labute approximate surface area is 195 Å². The number of halogens is 1. The summed E-state index contributed by atoms with van der Waals surface area (Å²) >= 11 is 6.22. The summed E-state index contributed by atoms with van der Waals surface area (Å²) < 4.78 is 5.83. The van der Waals surface area contributed by atoms with Gasteiger partial charge in [0.25, 0.3) is 0 Å². The lowest BCUT2D eigenvalue weighted by molar-refractivity contribution is -0.114. The fourth-order valence-corrected chi connectivity index (χ4v) is 4.29. The second-order valence-electron chi connectivity index (χ2n) is 8.46. The number of rotatable bonds is 10. The quantitative estimate of drug-likeness (QED) is 0.414. The van der Waals surface area contributed by atoms with Gasteiger partial charge in [-0.1, -0.05) is 25.4 Å². The molecule has 1 aliphatic heterocycles. The highest BCUT2D eigenvalue weighted by Crippen LogP contribution is 2.39. The third-order valence-corrected chi connectivity index (χ3v) is 6.72. The number of nitrogens with one attached hydrogen (secondary N) is 1. The molecule has 0 unspecified atom stereocenters. The number of nitrogens with zero attached hydrogens (tertiary/aromatic N) is 2. The Morgan fingerprint density at radius 1 is 1.31 bits per heavy atom. The molecule has 2 aromatic rings. The minimum atomic E-state index is -0.525. The summed E-state index contributed by atoms with van der Waals surface area (Å²) in [5.74, 6) is 0.692. The van der Waals surface area contributed by atoms with E-state index in [2.05, 4.69) is 15.2 Å². The standard InChI is InChI=1S/C25H32ClN3O3/c1-4-18(2)24(31)23-8-6-20(16-28-23)32-14-13-29-11-9-25(17-30,10-12-29)21-15-19(26)5-7-22(21)27-3/h5-8,15-18,27H,4,9-14H2,1-3H3/t18-/m1/s1. The number of aldehydes is 1. The molecule has 1 aromatic carbocycles. The summed E-state index contributed by atoms with van der Waals surface area (Å²) in [6.45, 7) is 6.80. The van der Waals surface area contributed by atoms with Crippen LogP contribution in [0.15, 0.2) is 36.5 Å². The molecule has 6 nitrogen and oxygen atoms in total. The van der Waals surface area contributed by atoms with Crippen molar-refractivity contribution in [2.75, 3.05) is 38.6 Å². The number of ketones is 1. The van der Waals surface area contributed by atoms with E-state index in [-0.39, 0.29) is 11.7 Å². The maximum atomic E-state index is 12.2. The van der Waals surface area contributed by atoms with Gasteiger partial charge < -0.3 is 14.8 Å². The van der Waals surface area contributed by atoms with Crippen LogP contribution in [-0.2, 0) is 10.2 Å². The minimum Gasteiger partial charge on any atom is -0.491 e. The van der Waals surface area contributed by atoms with Crippen LogP contribution in [0.4, 0.5) is 5.69 Å². The number of likely N-dealkylation sites (tertiary alicyclic amines) is 1. The van der Waals surface area contributed by atoms with Crippen LogP contribution in [0.25, 0.3) is 0 Å². The number of ether oxygens (including phenoxy) is 1. The SMILES string of the molecule is CC[C@@H](C)C(=O)c1ccc(OCCN2CCC(C=O)(c3cc(Cl)ccc3NC)CC2)cn1. The first kappa shape index (κ1) is 24.2. The summed E-state index contributed by atoms with van der Waals surface area (Å²) in [7, 11) is 1.86. The van der Waals surface area contributed by atoms with Gasteiger partial charge in [-0.25, -0.2) is 4.98 Å². The van der Waals surface area contributed by atoms with Crippen LogP contribution in [0.3, 0.4) is 0 Å². The molecule has 0 amide bonds. The summed E-state index contributed by atoms with van der Waals surface area (Å²) in [5, 5.41) is 3.83. The molecule has 1 fully saturated rings. The van der Waals surface area contributed by atoms with E-state index in [9.17, 15) is 9.59 Å². The van der Waals surface area contributed by atoms with Crippen LogP contribution in [0.2, 0.25) is 5.02 Å². The van der Waals surface area contributed by atoms with Gasteiger partial charge in [0.15, 0.2) is 5.78 Å². The van der Waals surface area contributed by atoms with Gasteiger partial charge in [0.1, 0.15) is 24.3 Å². The van der Waals surface area contributed by atoms with Gasteiger partial charge >= 0.3 is 0 Å². The topological polar surface area (TPSA) is 71.5 Å². The number of pyridine rings is 1. The molecule has 7 heteroatoms. The van der Waals surface area contributed by atoms with E-state index in [0.717, 1.165) is 56.4 Å². The summed E-state index contributed by atoms with van der Waals surface area (Å²) in [6, 6.07) is 9.20. The van der Waals surface area contributed by atoms with Crippen molar-refractivity contribution < 1.29 is 14.3 Å². The Bertz CT molecular complexity index is 925. The molecule has 1 N–H and O–H groups in total. The highest BCUT2D eigenvalue weighted by atomic mass is 35.5. The van der Waals surface area contributed by atoms with Crippen molar-refractivity contribution in [2.45, 2.75) is 38.5 Å². The van der Waals surface area contributed by atoms with Gasteiger partial charge in [-0.2, -0.15) is 0 Å². The third-order valence-electron chi connectivity index (χ3n) is 6.49. The Morgan fingerprint density at radius 2 is 2.06 bits per heavy atom. The second-order valence-corrected chi connectivity index (χ2v) is 8.89. The number of hydrogen-bond acceptors (Lipinski definition) is 6. The lowest BCUT2D eigenvalue weighted by Gasteiger charge is -2.39. The molecule has 0 spiro atoms. The molecule has 0 aliphatic carbocycles. The van der Waals surface area contributed by atoms with Crippen molar-refractivity contribution in [3.8, 4) is 5.75 Å². The zero-order valence-corrected chi connectivity index (χ0v) is 19.8. The van der Waals surface area contributed by atoms with Crippen molar-refractivity contribution in [3.63, 3.8) is 0 Å². The molecule has 32 heavy (non-hydrogen) atoms. The Kier molecular flexibility index (Phi) is 8.26. The average Bonchev–Trinajstić information content (AvgIpc) is 2.84. The van der Waals surface area contributed by atoms with Crippen LogP contribution in [0, 0.1) is 5.92 Å². The maximum Gasteiger partial charge on any atom is 0.183 e. The molecular formula is C25H32ClN3O3. The van der Waals surface area contributed by atoms with Crippen LogP contribution >= 0.6 is 11.6 Å². The molecule has 0 radical (unpaired) electrons. The van der Waals surface area contributed by atoms with E-state index < -0.39 is 5.41 Å². The second kappa shape index (κ2) is 10.9. The minimum absolute atomic E-state index is 0.0250. The number of Topliss-reactive ketones (excluding diaryl/α,β-unsaturated/α-hetero) is 1. The number of anilines is 1. The summed E-state index contributed by atoms with van der Waals surface area (Å²) in [6.07, 6.45) is 4.97. The number of carbonyl (C=O) groups excluding carboxylic acids is 2. The van der Waals surface area contributed by atoms with E-state index in [1.54, 1.807) is 18.3 Å². The van der Waals surface area contributed by atoms with Crippen molar-refractivity contribution >= 4 is 29.4 Å². The molecule has 1 aliphatic rings. The molecule has 0 saturated carbocycles. The van der Waals surface area contributed by atoms with Crippen molar-refractivity contribution in [2.24, 2.45) is 5.92 Å². The summed E-state index contributed by atoms with van der Waals surface area (Å²) in [4.78, 5) is 30.9. The van der Waals surface area contributed by atoms with E-state index in [1.807, 2.05) is 39.1 Å². The number of carbonyl (C=O) groups is 2. The van der Waals surface area contributed by atoms with Crippen LogP contribution in [-0.4, -0.2) is 55.2 Å². The first-order chi connectivity index (χ1) is 15.4. The predicted octanol–water partition coefficient (Wildman–Crippen LogP) is 4.62. The molecular weight excluding hydrogens is 426 g/mol. The predicted molar refractivity (Wildman–Crippen MR) is 128 cm³/mol. The Balaban J connectivity index is 1.53. The highest BCUT2D eigenvalue weighted by Gasteiger charge is 2.37. The van der Waals surface area contributed by atoms with Gasteiger partial charge in [-0.15, -0.1) is 0 Å². The van der Waals surface area contributed by atoms with Gasteiger partial charge in [0.2, 0.25) is 0 Å². The first-order valence-corrected chi connectivity index (χ1v) is 11.6. The molecule has 1 aromatic heterocycles. The molecule has 0 bridgehead atoms. The number of aromatic nitrogens is 1. The monoisotopic (exact) mass is 457 g/mol. The van der Waals surface area contributed by atoms with Crippen molar-refractivity contribution in [1.82, 2.24) is 9.88 Å². The van der Waals surface area contributed by atoms with Gasteiger partial charge in [0, 0.05) is 30.2 Å². The largest absolute Gasteiger partial charge is 0.491 e. The zero-order chi connectivity index (χ0) is 23.1. The zero-order valence-electron chi connectivity index (χ0n) is 19.1. The molecule has 3 rings (SSSR count). The first-order valence-electron chi connectivity index (χ1n) is 11.2. The fraction of sp³-hybridized carbons (Fsp3) is 0.480. The number of hydrogen-bond donors (Lipinski definition) is 1. The smallest absolute Gasteiger partial charge is 0.183 e. The van der Waals surface area contributed by atoms with Gasteiger partial charge in [-0.05, 0) is 68.2 Å². The molecule has 2 heterocycles. The van der Waals surface area contributed by atoms with E-state index >= 15 is 0 Å². The third kappa shape index (κ3) is 5.48. The normalized spacial score (nSPS) is 16.9.